The van der Waals surface area contributed by atoms with Gasteiger partial charge in [0.15, 0.2) is 0 Å². The first-order valence-corrected chi connectivity index (χ1v) is 7.47. The summed E-state index contributed by atoms with van der Waals surface area (Å²) in [5.74, 6) is -0.842. The SMILES string of the molecule is CC1=NN(C(=O)c2ccccc2)N(C(=O)c2ccccc2)N=C1C. The molecule has 2 aromatic rings. The van der Waals surface area contributed by atoms with Crippen LogP contribution in [0, 0.1) is 0 Å². The molecule has 1 heterocycles. The van der Waals surface area contributed by atoms with Crippen molar-refractivity contribution in [3.8, 4) is 0 Å². The highest BCUT2D eigenvalue weighted by atomic mass is 16.2. The van der Waals surface area contributed by atoms with Crippen molar-refractivity contribution in [1.29, 1.82) is 0 Å². The molecule has 24 heavy (non-hydrogen) atoms. The molecule has 0 unspecified atom stereocenters. The number of nitrogens with zero attached hydrogens (tertiary/aromatic N) is 4. The zero-order valence-corrected chi connectivity index (χ0v) is 13.4. The molecule has 0 aromatic heterocycles. The molecule has 0 bridgehead atoms. The molecule has 2 aromatic carbocycles. The Balaban J connectivity index is 1.99. The lowest BCUT2D eigenvalue weighted by atomic mass is 10.2. The van der Waals surface area contributed by atoms with Crippen LogP contribution in [0.3, 0.4) is 0 Å². The summed E-state index contributed by atoms with van der Waals surface area (Å²) in [6, 6.07) is 17.3. The van der Waals surface area contributed by atoms with Crippen molar-refractivity contribution in [2.75, 3.05) is 0 Å². The van der Waals surface area contributed by atoms with Crippen LogP contribution in [0.5, 0.6) is 0 Å². The molecule has 2 amide bonds. The number of hydrogen-bond acceptors (Lipinski definition) is 4. The van der Waals surface area contributed by atoms with Gasteiger partial charge >= 0.3 is 0 Å². The molecule has 3 rings (SSSR count). The summed E-state index contributed by atoms with van der Waals surface area (Å²) >= 11 is 0. The van der Waals surface area contributed by atoms with Crippen molar-refractivity contribution in [1.82, 2.24) is 10.2 Å². The number of hydrogen-bond donors (Lipinski definition) is 0. The van der Waals surface area contributed by atoms with Gasteiger partial charge in [-0.3, -0.25) is 9.59 Å². The molecule has 1 aliphatic rings. The highest BCUT2D eigenvalue weighted by Crippen LogP contribution is 2.17. The summed E-state index contributed by atoms with van der Waals surface area (Å²) in [6.45, 7) is 3.49. The molecule has 0 atom stereocenters. The maximum atomic E-state index is 12.8. The molecule has 0 saturated carbocycles. The predicted molar refractivity (Wildman–Crippen MR) is 91.4 cm³/mol. The zero-order chi connectivity index (χ0) is 17.1. The summed E-state index contributed by atoms with van der Waals surface area (Å²) in [6.07, 6.45) is 0. The molecule has 0 saturated heterocycles. The fraction of sp³-hybridized carbons (Fsp3) is 0.111. The normalized spacial score (nSPS) is 14.1. The smallest absolute Gasteiger partial charge is 0.265 e. The van der Waals surface area contributed by atoms with E-state index in [1.807, 2.05) is 12.1 Å². The van der Waals surface area contributed by atoms with E-state index in [1.54, 1.807) is 62.4 Å². The Morgan fingerprint density at radius 1 is 0.667 bits per heavy atom. The van der Waals surface area contributed by atoms with Gasteiger partial charge < -0.3 is 0 Å². The molecular formula is C18H16N4O2. The van der Waals surface area contributed by atoms with Gasteiger partial charge in [0.05, 0.1) is 11.4 Å². The second kappa shape index (κ2) is 6.45. The summed E-state index contributed by atoms with van der Waals surface area (Å²) < 4.78 is 0. The molecule has 0 spiro atoms. The van der Waals surface area contributed by atoms with E-state index in [1.165, 1.54) is 0 Å². The minimum Gasteiger partial charge on any atom is -0.265 e. The van der Waals surface area contributed by atoms with Crippen LogP contribution in [-0.4, -0.2) is 33.5 Å². The topological polar surface area (TPSA) is 65.3 Å². The second-order valence-corrected chi connectivity index (χ2v) is 5.29. The highest BCUT2D eigenvalue weighted by molar-refractivity contribution is 6.41. The average Bonchev–Trinajstić information content (AvgIpc) is 2.64. The summed E-state index contributed by atoms with van der Waals surface area (Å²) in [5, 5.41) is 10.5. The first kappa shape index (κ1) is 15.6. The standard InChI is InChI=1S/C18H16N4O2/c1-13-14(2)20-22(18(24)16-11-7-4-8-12-16)21(19-13)17(23)15-9-5-3-6-10-15/h3-12H,1-2H3. The Morgan fingerprint density at radius 3 is 1.33 bits per heavy atom. The van der Waals surface area contributed by atoms with Gasteiger partial charge in [0.1, 0.15) is 0 Å². The van der Waals surface area contributed by atoms with Gasteiger partial charge in [0.25, 0.3) is 11.8 Å². The van der Waals surface area contributed by atoms with E-state index < -0.39 is 11.8 Å². The Bertz CT molecular complexity index is 757. The van der Waals surface area contributed by atoms with Crippen molar-refractivity contribution in [3.63, 3.8) is 0 Å². The monoisotopic (exact) mass is 320 g/mol. The zero-order valence-electron chi connectivity index (χ0n) is 13.4. The number of amides is 2. The van der Waals surface area contributed by atoms with Crippen molar-refractivity contribution < 1.29 is 9.59 Å². The largest absolute Gasteiger partial charge is 0.295 e. The number of hydrazine groups is 1. The quantitative estimate of drug-likeness (QED) is 0.854. The van der Waals surface area contributed by atoms with Gasteiger partial charge in [-0.15, -0.1) is 10.2 Å². The van der Waals surface area contributed by atoms with Gasteiger partial charge in [0, 0.05) is 11.1 Å². The van der Waals surface area contributed by atoms with E-state index in [0.717, 1.165) is 10.2 Å². The van der Waals surface area contributed by atoms with Crippen LogP contribution in [-0.2, 0) is 0 Å². The number of benzene rings is 2. The first-order valence-electron chi connectivity index (χ1n) is 7.47. The maximum Gasteiger partial charge on any atom is 0.295 e. The Kier molecular flexibility index (Phi) is 4.20. The molecule has 0 N–H and O–H groups in total. The maximum absolute atomic E-state index is 12.8. The van der Waals surface area contributed by atoms with Gasteiger partial charge in [-0.2, -0.15) is 10.2 Å². The van der Waals surface area contributed by atoms with E-state index >= 15 is 0 Å². The van der Waals surface area contributed by atoms with E-state index in [9.17, 15) is 9.59 Å². The lowest BCUT2D eigenvalue weighted by molar-refractivity contribution is -0.00300. The summed E-state index contributed by atoms with van der Waals surface area (Å²) in [7, 11) is 0. The molecule has 120 valence electrons. The Hall–Kier alpha value is -3.28. The Morgan fingerprint density at radius 2 is 1.00 bits per heavy atom. The fourth-order valence-electron chi connectivity index (χ4n) is 2.17. The van der Waals surface area contributed by atoms with Crippen LogP contribution in [0.25, 0.3) is 0 Å². The number of carbonyl (C=O) groups excluding carboxylic acids is 2. The number of rotatable bonds is 2. The predicted octanol–water partition coefficient (Wildman–Crippen LogP) is 2.95. The van der Waals surface area contributed by atoms with Crippen molar-refractivity contribution >= 4 is 23.2 Å². The third-order valence-electron chi connectivity index (χ3n) is 3.60. The van der Waals surface area contributed by atoms with Crippen LogP contribution in [0.15, 0.2) is 70.9 Å². The van der Waals surface area contributed by atoms with Crippen LogP contribution >= 0.6 is 0 Å². The number of carbonyl (C=O) groups is 2. The third-order valence-corrected chi connectivity index (χ3v) is 3.60. The van der Waals surface area contributed by atoms with E-state index in [-0.39, 0.29) is 0 Å². The van der Waals surface area contributed by atoms with Crippen molar-refractivity contribution in [2.24, 2.45) is 10.2 Å². The minimum absolute atomic E-state index is 0.421. The first-order chi connectivity index (χ1) is 11.6. The fourth-order valence-corrected chi connectivity index (χ4v) is 2.17. The average molecular weight is 320 g/mol. The molecule has 0 aliphatic carbocycles. The van der Waals surface area contributed by atoms with Gasteiger partial charge in [-0.25, -0.2) is 0 Å². The van der Waals surface area contributed by atoms with Gasteiger partial charge in [-0.1, -0.05) is 36.4 Å². The van der Waals surface area contributed by atoms with Crippen LogP contribution < -0.4 is 0 Å². The summed E-state index contributed by atoms with van der Waals surface area (Å²) in [4.78, 5) is 25.5. The van der Waals surface area contributed by atoms with Crippen molar-refractivity contribution in [2.45, 2.75) is 13.8 Å². The summed E-state index contributed by atoms with van der Waals surface area (Å²) in [5.41, 5.74) is 2.01. The molecule has 0 fully saturated rings. The third kappa shape index (κ3) is 2.94. The molecule has 6 heteroatoms. The van der Waals surface area contributed by atoms with Gasteiger partial charge in [-0.05, 0) is 38.1 Å². The van der Waals surface area contributed by atoms with E-state index in [4.69, 9.17) is 0 Å². The molecule has 6 nitrogen and oxygen atoms in total. The molecular weight excluding hydrogens is 304 g/mol. The lowest BCUT2D eigenvalue weighted by Crippen LogP contribution is -2.47. The molecule has 1 aliphatic heterocycles. The van der Waals surface area contributed by atoms with E-state index in [0.29, 0.717) is 22.6 Å². The Labute approximate surface area is 139 Å². The number of hydrazone groups is 2. The van der Waals surface area contributed by atoms with Gasteiger partial charge in [0.2, 0.25) is 0 Å². The van der Waals surface area contributed by atoms with Crippen LogP contribution in [0.1, 0.15) is 34.6 Å². The second-order valence-electron chi connectivity index (χ2n) is 5.29. The highest BCUT2D eigenvalue weighted by Gasteiger charge is 2.31. The van der Waals surface area contributed by atoms with Crippen LogP contribution in [0.4, 0.5) is 0 Å². The van der Waals surface area contributed by atoms with Crippen molar-refractivity contribution in [3.05, 3.63) is 71.8 Å². The molecule has 0 radical (unpaired) electrons. The van der Waals surface area contributed by atoms with Crippen LogP contribution in [0.2, 0.25) is 0 Å². The minimum atomic E-state index is -0.421. The van der Waals surface area contributed by atoms with E-state index in [2.05, 4.69) is 10.2 Å². The lowest BCUT2D eigenvalue weighted by Gasteiger charge is -2.30.